The standard InChI is InChI=1S/C19H12ClFN2O4S/c20-15-2-1-9(28-15)7-23-17-16-11(3-4-22-17)27-12-6-14-13(25-8-26-14)5-10(12)19(16,21)18(23)24/h1,3-6,15H,2,7-8H2. The summed E-state index contributed by atoms with van der Waals surface area (Å²) < 4.78 is 33.1. The maximum Gasteiger partial charge on any atom is 0.276 e. The van der Waals surface area contributed by atoms with Crippen molar-refractivity contribution in [3.05, 3.63) is 46.5 Å². The normalized spacial score (nSPS) is 26.1. The minimum atomic E-state index is -2.39. The molecule has 1 amide bonds. The molecular formula is C19H12ClFN2O4S. The second-order valence-corrected chi connectivity index (χ2v) is 8.91. The molecule has 5 heterocycles. The van der Waals surface area contributed by atoms with E-state index in [1.807, 2.05) is 6.08 Å². The van der Waals surface area contributed by atoms with Gasteiger partial charge in [-0.25, -0.2) is 9.37 Å². The zero-order valence-electron chi connectivity index (χ0n) is 14.3. The minimum Gasteiger partial charge on any atom is -0.456 e. The second-order valence-electron chi connectivity index (χ2n) is 6.80. The number of rotatable bonds is 2. The molecule has 0 bridgehead atoms. The first-order valence-corrected chi connectivity index (χ1v) is 9.99. The number of alkyl halides is 2. The Morgan fingerprint density at radius 1 is 1.29 bits per heavy atom. The van der Waals surface area contributed by atoms with Crippen LogP contribution in [0.25, 0.3) is 0 Å². The number of hydrogen-bond donors (Lipinski definition) is 0. The number of carbonyl (C=O) groups excluding carboxylic acids is 1. The number of ether oxygens (including phenoxy) is 3. The van der Waals surface area contributed by atoms with Crippen LogP contribution in [-0.4, -0.2) is 28.9 Å². The quantitative estimate of drug-likeness (QED) is 0.685. The van der Waals surface area contributed by atoms with Crippen molar-refractivity contribution in [3.63, 3.8) is 0 Å². The lowest BCUT2D eigenvalue weighted by molar-refractivity contribution is -0.127. The highest BCUT2D eigenvalue weighted by molar-refractivity contribution is 8.05. The van der Waals surface area contributed by atoms with E-state index in [1.165, 1.54) is 28.9 Å². The molecule has 0 N–H and O–H groups in total. The summed E-state index contributed by atoms with van der Waals surface area (Å²) in [4.78, 5) is 19.9. The van der Waals surface area contributed by atoms with Gasteiger partial charge in [-0.15, -0.1) is 23.4 Å². The van der Waals surface area contributed by atoms with Gasteiger partial charge in [-0.1, -0.05) is 6.08 Å². The number of amides is 1. The van der Waals surface area contributed by atoms with E-state index in [-0.39, 0.29) is 46.5 Å². The van der Waals surface area contributed by atoms with Crippen molar-refractivity contribution in [1.29, 1.82) is 0 Å². The topological polar surface area (TPSA) is 60.9 Å². The maximum atomic E-state index is 16.5. The summed E-state index contributed by atoms with van der Waals surface area (Å²) in [6.45, 7) is 0.268. The molecule has 2 atom stereocenters. The van der Waals surface area contributed by atoms with Crippen molar-refractivity contribution in [2.75, 3.05) is 18.2 Å². The molecule has 9 heteroatoms. The predicted molar refractivity (Wildman–Crippen MR) is 101 cm³/mol. The van der Waals surface area contributed by atoms with E-state index in [4.69, 9.17) is 25.8 Å². The third kappa shape index (κ3) is 2.04. The third-order valence-electron chi connectivity index (χ3n) is 5.22. The largest absolute Gasteiger partial charge is 0.456 e. The SMILES string of the molecule is O=C1N(CC2=CCC(Cl)S2)c2nccc3c2C1(F)c1cc2c(cc1O3)OCO2. The molecule has 0 saturated heterocycles. The van der Waals surface area contributed by atoms with Gasteiger partial charge in [0.05, 0.1) is 22.4 Å². The van der Waals surface area contributed by atoms with Gasteiger partial charge in [0.2, 0.25) is 12.5 Å². The average molecular weight is 419 g/mol. The first kappa shape index (κ1) is 16.5. The van der Waals surface area contributed by atoms with Gasteiger partial charge in [0, 0.05) is 17.2 Å². The Kier molecular flexibility index (Phi) is 3.27. The molecule has 0 aliphatic carbocycles. The lowest BCUT2D eigenvalue weighted by Crippen LogP contribution is -2.40. The molecule has 0 spiro atoms. The molecule has 28 heavy (non-hydrogen) atoms. The van der Waals surface area contributed by atoms with Crippen LogP contribution in [0.5, 0.6) is 23.0 Å². The molecule has 1 aromatic heterocycles. The maximum absolute atomic E-state index is 16.5. The number of benzene rings is 1. The van der Waals surface area contributed by atoms with E-state index in [0.29, 0.717) is 17.9 Å². The van der Waals surface area contributed by atoms with Crippen molar-refractivity contribution in [3.8, 4) is 23.0 Å². The first-order chi connectivity index (χ1) is 13.6. The molecule has 1 aromatic carbocycles. The van der Waals surface area contributed by atoms with E-state index in [2.05, 4.69) is 4.98 Å². The number of pyridine rings is 1. The number of allylic oxidation sites excluding steroid dienone is 1. The molecule has 6 nitrogen and oxygen atoms in total. The van der Waals surface area contributed by atoms with Gasteiger partial charge in [-0.05, 0) is 18.6 Å². The highest BCUT2D eigenvalue weighted by Gasteiger charge is 2.59. The molecule has 4 aliphatic heterocycles. The molecule has 0 fully saturated rings. The lowest BCUT2D eigenvalue weighted by Gasteiger charge is -2.28. The van der Waals surface area contributed by atoms with Crippen LogP contribution in [0.3, 0.4) is 0 Å². The number of nitrogens with zero attached hydrogens (tertiary/aromatic N) is 2. The van der Waals surface area contributed by atoms with Crippen molar-refractivity contribution < 1.29 is 23.4 Å². The molecule has 0 radical (unpaired) electrons. The fourth-order valence-electron chi connectivity index (χ4n) is 3.97. The van der Waals surface area contributed by atoms with Gasteiger partial charge in [0.15, 0.2) is 11.5 Å². The van der Waals surface area contributed by atoms with Crippen LogP contribution in [0.15, 0.2) is 35.4 Å². The van der Waals surface area contributed by atoms with Gasteiger partial charge < -0.3 is 14.2 Å². The van der Waals surface area contributed by atoms with Crippen molar-refractivity contribution in [1.82, 2.24) is 4.98 Å². The van der Waals surface area contributed by atoms with E-state index < -0.39 is 11.6 Å². The Hall–Kier alpha value is -2.45. The van der Waals surface area contributed by atoms with E-state index >= 15 is 4.39 Å². The Labute approximate surface area is 168 Å². The van der Waals surface area contributed by atoms with Gasteiger partial charge in [0.25, 0.3) is 5.91 Å². The number of carbonyl (C=O) groups is 1. The zero-order chi connectivity index (χ0) is 19.0. The monoisotopic (exact) mass is 418 g/mol. The first-order valence-electron chi connectivity index (χ1n) is 8.68. The smallest absolute Gasteiger partial charge is 0.276 e. The second kappa shape index (κ2) is 5.55. The summed E-state index contributed by atoms with van der Waals surface area (Å²) in [5.74, 6) is 0.944. The highest BCUT2D eigenvalue weighted by Crippen LogP contribution is 2.59. The van der Waals surface area contributed by atoms with E-state index in [9.17, 15) is 4.79 Å². The molecule has 0 saturated carbocycles. The zero-order valence-corrected chi connectivity index (χ0v) is 15.8. The van der Waals surface area contributed by atoms with Gasteiger partial charge in [-0.3, -0.25) is 9.69 Å². The Morgan fingerprint density at radius 3 is 2.89 bits per heavy atom. The van der Waals surface area contributed by atoms with Gasteiger partial charge in [-0.2, -0.15) is 0 Å². The molecule has 2 aromatic rings. The Bertz CT molecular complexity index is 1090. The van der Waals surface area contributed by atoms with Gasteiger partial charge in [0.1, 0.15) is 17.3 Å². The molecule has 4 aliphatic rings. The highest BCUT2D eigenvalue weighted by atomic mass is 35.5. The van der Waals surface area contributed by atoms with Crippen LogP contribution in [-0.2, 0) is 10.5 Å². The van der Waals surface area contributed by atoms with Crippen LogP contribution < -0.4 is 19.1 Å². The number of aromatic nitrogens is 1. The summed E-state index contributed by atoms with van der Waals surface area (Å²) in [6, 6.07) is 4.61. The van der Waals surface area contributed by atoms with Crippen LogP contribution >= 0.6 is 23.4 Å². The molecular weight excluding hydrogens is 407 g/mol. The summed E-state index contributed by atoms with van der Waals surface area (Å²) in [5.41, 5.74) is -2.15. The lowest BCUT2D eigenvalue weighted by atomic mass is 9.86. The molecule has 2 unspecified atom stereocenters. The van der Waals surface area contributed by atoms with Crippen LogP contribution in [0.4, 0.5) is 10.2 Å². The van der Waals surface area contributed by atoms with Crippen LogP contribution in [0.1, 0.15) is 17.5 Å². The number of hydrogen-bond acceptors (Lipinski definition) is 6. The van der Waals surface area contributed by atoms with Crippen molar-refractivity contribution in [2.45, 2.75) is 16.8 Å². The number of anilines is 1. The summed E-state index contributed by atoms with van der Waals surface area (Å²) in [7, 11) is 0. The van der Waals surface area contributed by atoms with Crippen molar-refractivity contribution in [2.24, 2.45) is 0 Å². The minimum absolute atomic E-state index is 0.0440. The fraction of sp³-hybridized carbons (Fsp3) is 0.263. The molecule has 6 rings (SSSR count). The average Bonchev–Trinajstić information content (AvgIpc) is 3.36. The van der Waals surface area contributed by atoms with Crippen molar-refractivity contribution >= 4 is 35.1 Å². The Balaban J connectivity index is 1.51. The van der Waals surface area contributed by atoms with Crippen LogP contribution in [0.2, 0.25) is 0 Å². The summed E-state index contributed by atoms with van der Waals surface area (Å²) >= 11 is 7.61. The van der Waals surface area contributed by atoms with Crippen LogP contribution in [0, 0.1) is 0 Å². The number of thioether (sulfide) groups is 1. The predicted octanol–water partition coefficient (Wildman–Crippen LogP) is 4.06. The molecule has 142 valence electrons. The number of halogens is 2. The van der Waals surface area contributed by atoms with E-state index in [0.717, 1.165) is 4.91 Å². The summed E-state index contributed by atoms with van der Waals surface area (Å²) in [5, 5.41) is 0. The Morgan fingerprint density at radius 2 is 2.11 bits per heavy atom. The van der Waals surface area contributed by atoms with E-state index in [1.54, 1.807) is 12.1 Å². The summed E-state index contributed by atoms with van der Waals surface area (Å²) in [6.07, 6.45) is 4.19. The van der Waals surface area contributed by atoms with Gasteiger partial charge >= 0.3 is 0 Å². The fourth-order valence-corrected chi connectivity index (χ4v) is 5.32. The number of fused-ring (bicyclic) bond motifs is 3. The third-order valence-corrected chi connectivity index (χ3v) is 6.71.